The fourth-order valence-corrected chi connectivity index (χ4v) is 1.77. The summed E-state index contributed by atoms with van der Waals surface area (Å²) in [6, 6.07) is 16.6. The Morgan fingerprint density at radius 2 is 1.29 bits per heavy atom. The minimum Gasteiger partial charge on any atom is -0.497 e. The van der Waals surface area contributed by atoms with Gasteiger partial charge in [-0.05, 0) is 35.2 Å². The molecular formula is C15H17NO. The van der Waals surface area contributed by atoms with Gasteiger partial charge in [-0.2, -0.15) is 0 Å². The van der Waals surface area contributed by atoms with Crippen molar-refractivity contribution in [3.05, 3.63) is 65.2 Å². The highest BCUT2D eigenvalue weighted by atomic mass is 16.5. The lowest BCUT2D eigenvalue weighted by Gasteiger charge is -2.04. The molecule has 0 fully saturated rings. The third-order valence-electron chi connectivity index (χ3n) is 2.83. The van der Waals surface area contributed by atoms with Gasteiger partial charge in [-0.25, -0.2) is 0 Å². The van der Waals surface area contributed by atoms with E-state index in [2.05, 4.69) is 36.4 Å². The maximum atomic E-state index is 5.57. The quantitative estimate of drug-likeness (QED) is 0.871. The van der Waals surface area contributed by atoms with Crippen LogP contribution >= 0.6 is 0 Å². The molecule has 0 aromatic heterocycles. The summed E-state index contributed by atoms with van der Waals surface area (Å²) in [5, 5.41) is 0. The molecule has 2 rings (SSSR count). The summed E-state index contributed by atoms with van der Waals surface area (Å²) >= 11 is 0. The number of rotatable bonds is 4. The molecule has 0 bridgehead atoms. The van der Waals surface area contributed by atoms with Gasteiger partial charge in [0.25, 0.3) is 0 Å². The van der Waals surface area contributed by atoms with Crippen LogP contribution in [-0.4, -0.2) is 7.11 Å². The summed E-state index contributed by atoms with van der Waals surface area (Å²) in [6.45, 7) is 0.600. The van der Waals surface area contributed by atoms with Crippen LogP contribution < -0.4 is 10.5 Å². The van der Waals surface area contributed by atoms with Crippen LogP contribution in [0.25, 0.3) is 0 Å². The molecule has 0 aliphatic heterocycles. The van der Waals surface area contributed by atoms with Crippen molar-refractivity contribution in [2.75, 3.05) is 7.11 Å². The van der Waals surface area contributed by atoms with Crippen LogP contribution in [0.2, 0.25) is 0 Å². The molecule has 2 N–H and O–H groups in total. The molecule has 0 aliphatic carbocycles. The number of hydrogen-bond donors (Lipinski definition) is 1. The van der Waals surface area contributed by atoms with Crippen LogP contribution in [0.5, 0.6) is 5.75 Å². The standard InChI is InChI=1S/C15H17NO/c1-17-15-8-6-13(7-9-15)10-12-2-4-14(11-16)5-3-12/h2-9H,10-11,16H2,1H3. The second kappa shape index (κ2) is 5.51. The zero-order chi connectivity index (χ0) is 12.1. The Bertz CT molecular complexity index is 414. The Labute approximate surface area is 102 Å². The zero-order valence-electron chi connectivity index (χ0n) is 10.0. The van der Waals surface area contributed by atoms with Gasteiger partial charge in [-0.1, -0.05) is 36.4 Å². The van der Waals surface area contributed by atoms with Gasteiger partial charge in [0, 0.05) is 6.54 Å². The van der Waals surface area contributed by atoms with Gasteiger partial charge < -0.3 is 10.5 Å². The summed E-state index contributed by atoms with van der Waals surface area (Å²) in [4.78, 5) is 0. The first-order valence-corrected chi connectivity index (χ1v) is 5.72. The summed E-state index contributed by atoms with van der Waals surface area (Å²) in [5.41, 5.74) is 9.32. The number of ether oxygens (including phenoxy) is 1. The number of hydrogen-bond acceptors (Lipinski definition) is 2. The van der Waals surface area contributed by atoms with E-state index < -0.39 is 0 Å². The smallest absolute Gasteiger partial charge is 0.118 e. The Morgan fingerprint density at radius 1 is 0.824 bits per heavy atom. The molecular weight excluding hydrogens is 210 g/mol. The van der Waals surface area contributed by atoms with E-state index in [1.54, 1.807) is 7.11 Å². The molecule has 0 saturated heterocycles. The largest absolute Gasteiger partial charge is 0.497 e. The van der Waals surface area contributed by atoms with Crippen LogP contribution in [0.4, 0.5) is 0 Å². The maximum Gasteiger partial charge on any atom is 0.118 e. The molecule has 0 aliphatic rings. The molecule has 0 unspecified atom stereocenters. The second-order valence-electron chi connectivity index (χ2n) is 4.05. The molecule has 2 aromatic carbocycles. The van der Waals surface area contributed by atoms with Crippen LogP contribution in [0.1, 0.15) is 16.7 Å². The Hall–Kier alpha value is -1.80. The van der Waals surface area contributed by atoms with Crippen molar-refractivity contribution >= 4 is 0 Å². The van der Waals surface area contributed by atoms with E-state index in [1.165, 1.54) is 16.7 Å². The van der Waals surface area contributed by atoms with Gasteiger partial charge in [-0.15, -0.1) is 0 Å². The number of methoxy groups -OCH3 is 1. The van der Waals surface area contributed by atoms with Gasteiger partial charge in [0.15, 0.2) is 0 Å². The molecule has 0 atom stereocenters. The monoisotopic (exact) mass is 227 g/mol. The Balaban J connectivity index is 2.08. The van der Waals surface area contributed by atoms with Gasteiger partial charge in [-0.3, -0.25) is 0 Å². The first-order chi connectivity index (χ1) is 8.31. The van der Waals surface area contributed by atoms with Crippen molar-refractivity contribution in [1.29, 1.82) is 0 Å². The topological polar surface area (TPSA) is 35.2 Å². The van der Waals surface area contributed by atoms with Crippen molar-refractivity contribution in [3.63, 3.8) is 0 Å². The van der Waals surface area contributed by atoms with E-state index in [4.69, 9.17) is 10.5 Å². The van der Waals surface area contributed by atoms with E-state index in [9.17, 15) is 0 Å². The van der Waals surface area contributed by atoms with E-state index in [-0.39, 0.29) is 0 Å². The van der Waals surface area contributed by atoms with Crippen molar-refractivity contribution in [3.8, 4) is 5.75 Å². The van der Waals surface area contributed by atoms with Crippen molar-refractivity contribution < 1.29 is 4.74 Å². The lowest BCUT2D eigenvalue weighted by Crippen LogP contribution is -1.96. The third kappa shape index (κ3) is 3.08. The lowest BCUT2D eigenvalue weighted by molar-refractivity contribution is 0.414. The molecule has 0 heterocycles. The van der Waals surface area contributed by atoms with E-state index in [0.29, 0.717) is 6.54 Å². The molecule has 88 valence electrons. The minimum absolute atomic E-state index is 0.600. The van der Waals surface area contributed by atoms with Crippen molar-refractivity contribution in [1.82, 2.24) is 0 Å². The normalized spacial score (nSPS) is 10.2. The number of benzene rings is 2. The van der Waals surface area contributed by atoms with Crippen molar-refractivity contribution in [2.45, 2.75) is 13.0 Å². The lowest BCUT2D eigenvalue weighted by atomic mass is 10.0. The van der Waals surface area contributed by atoms with Gasteiger partial charge in [0.1, 0.15) is 5.75 Å². The van der Waals surface area contributed by atoms with Crippen LogP contribution in [0.15, 0.2) is 48.5 Å². The van der Waals surface area contributed by atoms with Gasteiger partial charge >= 0.3 is 0 Å². The Kier molecular flexibility index (Phi) is 3.78. The van der Waals surface area contributed by atoms with Crippen molar-refractivity contribution in [2.24, 2.45) is 5.73 Å². The van der Waals surface area contributed by atoms with E-state index in [1.807, 2.05) is 12.1 Å². The molecule has 0 radical (unpaired) electrons. The summed E-state index contributed by atoms with van der Waals surface area (Å²) < 4.78 is 5.14. The average molecular weight is 227 g/mol. The number of nitrogens with two attached hydrogens (primary N) is 1. The third-order valence-corrected chi connectivity index (χ3v) is 2.83. The molecule has 0 saturated carbocycles. The first-order valence-electron chi connectivity index (χ1n) is 5.72. The molecule has 2 heteroatoms. The second-order valence-corrected chi connectivity index (χ2v) is 4.05. The van der Waals surface area contributed by atoms with Crippen LogP contribution in [0.3, 0.4) is 0 Å². The minimum atomic E-state index is 0.600. The predicted molar refractivity (Wildman–Crippen MR) is 70.1 cm³/mol. The van der Waals surface area contributed by atoms with Gasteiger partial charge in [0.05, 0.1) is 7.11 Å². The molecule has 2 nitrogen and oxygen atoms in total. The van der Waals surface area contributed by atoms with E-state index in [0.717, 1.165) is 12.2 Å². The molecule has 0 amide bonds. The fourth-order valence-electron chi connectivity index (χ4n) is 1.77. The van der Waals surface area contributed by atoms with Crippen LogP contribution in [-0.2, 0) is 13.0 Å². The van der Waals surface area contributed by atoms with Crippen LogP contribution in [0, 0.1) is 0 Å². The zero-order valence-corrected chi connectivity index (χ0v) is 10.0. The average Bonchev–Trinajstić information content (AvgIpc) is 2.40. The summed E-state index contributed by atoms with van der Waals surface area (Å²) in [6.07, 6.45) is 0.939. The highest BCUT2D eigenvalue weighted by Gasteiger charge is 1.97. The summed E-state index contributed by atoms with van der Waals surface area (Å²) in [5.74, 6) is 0.896. The fraction of sp³-hybridized carbons (Fsp3) is 0.200. The first kappa shape index (κ1) is 11.7. The predicted octanol–water partition coefficient (Wildman–Crippen LogP) is 2.74. The summed E-state index contributed by atoms with van der Waals surface area (Å²) in [7, 11) is 1.68. The maximum absolute atomic E-state index is 5.57. The highest BCUT2D eigenvalue weighted by molar-refractivity contribution is 5.32. The molecule has 2 aromatic rings. The molecule has 17 heavy (non-hydrogen) atoms. The SMILES string of the molecule is COc1ccc(Cc2ccc(CN)cc2)cc1. The Morgan fingerprint density at radius 3 is 1.76 bits per heavy atom. The highest BCUT2D eigenvalue weighted by Crippen LogP contribution is 2.15. The van der Waals surface area contributed by atoms with Gasteiger partial charge in [0.2, 0.25) is 0 Å². The molecule has 0 spiro atoms. The van der Waals surface area contributed by atoms with E-state index >= 15 is 0 Å².